The number of hydrogen-bond acceptors (Lipinski definition) is 3. The highest BCUT2D eigenvalue weighted by molar-refractivity contribution is 5.88. The van der Waals surface area contributed by atoms with E-state index in [9.17, 15) is 4.79 Å². The van der Waals surface area contributed by atoms with Crippen LogP contribution in [0.25, 0.3) is 10.9 Å². The van der Waals surface area contributed by atoms with Crippen LogP contribution in [0.1, 0.15) is 65.7 Å². The smallest absolute Gasteiger partial charge is 0.244 e. The first-order valence-corrected chi connectivity index (χ1v) is 11.7. The molecule has 0 aliphatic carbocycles. The normalized spacial score (nSPS) is 12.1. The summed E-state index contributed by atoms with van der Waals surface area (Å²) in [4.78, 5) is 16.3. The highest BCUT2D eigenvalue weighted by atomic mass is 16.5. The van der Waals surface area contributed by atoms with E-state index in [1.807, 2.05) is 37.3 Å². The summed E-state index contributed by atoms with van der Waals surface area (Å²) in [5.41, 5.74) is 1.98. The maximum absolute atomic E-state index is 11.7. The number of allylic oxidation sites excluding steroid dienone is 3. The third kappa shape index (κ3) is 10.8. The maximum atomic E-state index is 11.7. The van der Waals surface area contributed by atoms with Crippen molar-refractivity contribution in [2.75, 3.05) is 13.2 Å². The Balaban J connectivity index is 1.47. The van der Waals surface area contributed by atoms with Gasteiger partial charge in [-0.1, -0.05) is 69.9 Å². The van der Waals surface area contributed by atoms with E-state index in [-0.39, 0.29) is 5.91 Å². The summed E-state index contributed by atoms with van der Waals surface area (Å²) in [6, 6.07) is 12.1. The van der Waals surface area contributed by atoms with Gasteiger partial charge in [0, 0.05) is 24.1 Å². The number of aromatic nitrogens is 1. The first kappa shape index (κ1) is 24.6. The van der Waals surface area contributed by atoms with Crippen LogP contribution in [0, 0.1) is 5.92 Å². The summed E-state index contributed by atoms with van der Waals surface area (Å²) < 4.78 is 5.80. The molecule has 0 aliphatic heterocycles. The summed E-state index contributed by atoms with van der Waals surface area (Å²) in [5, 5.41) is 4.05. The first-order chi connectivity index (χ1) is 15.0. The lowest BCUT2D eigenvalue weighted by atomic mass is 10.1. The van der Waals surface area contributed by atoms with E-state index in [0.29, 0.717) is 11.8 Å². The molecule has 1 aromatic carbocycles. The minimum Gasteiger partial charge on any atom is -0.478 e. The Morgan fingerprint density at radius 2 is 1.77 bits per heavy atom. The van der Waals surface area contributed by atoms with Gasteiger partial charge in [0.2, 0.25) is 11.8 Å². The molecule has 1 amide bonds. The zero-order valence-corrected chi connectivity index (χ0v) is 19.4. The molecule has 0 aliphatic rings. The number of carbonyl (C=O) groups is 1. The molecule has 0 atom stereocenters. The van der Waals surface area contributed by atoms with Crippen LogP contribution in [-0.4, -0.2) is 24.0 Å². The quantitative estimate of drug-likeness (QED) is 0.211. The SMILES string of the molecule is CC(C=CCCCCCCCCOc1ccc2ccccc2n1)=CC(=O)NCC(C)C. The molecule has 0 spiro atoms. The second-order valence-electron chi connectivity index (χ2n) is 8.53. The number of amides is 1. The molecule has 0 unspecified atom stereocenters. The van der Waals surface area contributed by atoms with Crippen LogP contribution in [0.5, 0.6) is 5.88 Å². The second kappa shape index (κ2) is 14.4. The Morgan fingerprint density at radius 1 is 1.03 bits per heavy atom. The van der Waals surface area contributed by atoms with E-state index in [0.717, 1.165) is 42.5 Å². The van der Waals surface area contributed by atoms with Gasteiger partial charge >= 0.3 is 0 Å². The van der Waals surface area contributed by atoms with Crippen LogP contribution in [0.2, 0.25) is 0 Å². The molecule has 1 N–H and O–H groups in total. The van der Waals surface area contributed by atoms with Crippen molar-refractivity contribution in [2.45, 2.75) is 65.7 Å². The van der Waals surface area contributed by atoms with Crippen LogP contribution in [-0.2, 0) is 4.79 Å². The van der Waals surface area contributed by atoms with Crippen molar-refractivity contribution in [3.63, 3.8) is 0 Å². The van der Waals surface area contributed by atoms with Gasteiger partial charge in [0.25, 0.3) is 0 Å². The van der Waals surface area contributed by atoms with Crippen LogP contribution < -0.4 is 10.1 Å². The topological polar surface area (TPSA) is 51.2 Å². The lowest BCUT2D eigenvalue weighted by Crippen LogP contribution is -2.25. The van der Waals surface area contributed by atoms with Gasteiger partial charge in [0.15, 0.2) is 0 Å². The van der Waals surface area contributed by atoms with Gasteiger partial charge in [-0.05, 0) is 49.8 Å². The molecule has 0 saturated carbocycles. The number of hydrogen-bond donors (Lipinski definition) is 1. The van der Waals surface area contributed by atoms with Crippen molar-refractivity contribution in [2.24, 2.45) is 5.92 Å². The Morgan fingerprint density at radius 3 is 2.58 bits per heavy atom. The van der Waals surface area contributed by atoms with E-state index in [1.165, 1.54) is 32.1 Å². The van der Waals surface area contributed by atoms with Crippen LogP contribution in [0.3, 0.4) is 0 Å². The molecule has 0 bridgehead atoms. The summed E-state index contributed by atoms with van der Waals surface area (Å²) in [6.45, 7) is 7.60. The summed E-state index contributed by atoms with van der Waals surface area (Å²) in [5.74, 6) is 1.19. The molecule has 0 radical (unpaired) electrons. The third-order valence-electron chi connectivity index (χ3n) is 5.01. The van der Waals surface area contributed by atoms with Gasteiger partial charge in [-0.3, -0.25) is 4.79 Å². The molecule has 2 aromatic rings. The van der Waals surface area contributed by atoms with Crippen molar-refractivity contribution in [1.29, 1.82) is 0 Å². The molecule has 0 fully saturated rings. The van der Waals surface area contributed by atoms with Gasteiger partial charge in [0.1, 0.15) is 0 Å². The van der Waals surface area contributed by atoms with Crippen molar-refractivity contribution in [1.82, 2.24) is 10.3 Å². The number of fused-ring (bicyclic) bond motifs is 1. The summed E-state index contributed by atoms with van der Waals surface area (Å²) in [6.07, 6.45) is 14.2. The van der Waals surface area contributed by atoms with Crippen molar-refractivity contribution < 1.29 is 9.53 Å². The zero-order valence-electron chi connectivity index (χ0n) is 19.4. The number of pyridine rings is 1. The second-order valence-corrected chi connectivity index (χ2v) is 8.53. The van der Waals surface area contributed by atoms with Gasteiger partial charge in [-0.25, -0.2) is 4.98 Å². The minimum atomic E-state index is -0.00349. The number of nitrogens with one attached hydrogen (secondary N) is 1. The molecule has 4 heteroatoms. The van der Waals surface area contributed by atoms with Gasteiger partial charge in [-0.15, -0.1) is 0 Å². The largest absolute Gasteiger partial charge is 0.478 e. The first-order valence-electron chi connectivity index (χ1n) is 11.7. The van der Waals surface area contributed by atoms with Crippen LogP contribution in [0.15, 0.2) is 60.2 Å². The van der Waals surface area contributed by atoms with E-state index in [4.69, 9.17) is 4.74 Å². The van der Waals surface area contributed by atoms with E-state index >= 15 is 0 Å². The Hall–Kier alpha value is -2.62. The average molecular weight is 423 g/mol. The number of ether oxygens (including phenoxy) is 1. The van der Waals surface area contributed by atoms with Gasteiger partial charge in [-0.2, -0.15) is 0 Å². The van der Waals surface area contributed by atoms with Crippen molar-refractivity contribution >= 4 is 16.8 Å². The fraction of sp³-hybridized carbons (Fsp3) is 0.481. The highest BCUT2D eigenvalue weighted by Gasteiger charge is 2.00. The van der Waals surface area contributed by atoms with Crippen LogP contribution in [0.4, 0.5) is 0 Å². The number of carbonyl (C=O) groups excluding carboxylic acids is 1. The third-order valence-corrected chi connectivity index (χ3v) is 5.01. The standard InChI is InChI=1S/C27H38N2O2/c1-22(2)21-28-26(30)20-23(3)14-10-8-6-4-5-7-9-13-19-31-27-18-17-24-15-11-12-16-25(24)29-27/h10-12,14-18,20,22H,4-9,13,19,21H2,1-3H3,(H,28,30). The average Bonchev–Trinajstić information content (AvgIpc) is 2.76. The lowest BCUT2D eigenvalue weighted by Gasteiger charge is -2.06. The molecule has 0 saturated heterocycles. The van der Waals surface area contributed by atoms with Gasteiger partial charge < -0.3 is 10.1 Å². The molecule has 1 aromatic heterocycles. The maximum Gasteiger partial charge on any atom is 0.244 e. The summed E-state index contributed by atoms with van der Waals surface area (Å²) in [7, 11) is 0. The predicted octanol–water partition coefficient (Wildman–Crippen LogP) is 6.62. The predicted molar refractivity (Wildman–Crippen MR) is 130 cm³/mol. The monoisotopic (exact) mass is 422 g/mol. The lowest BCUT2D eigenvalue weighted by molar-refractivity contribution is -0.116. The number of unbranched alkanes of at least 4 members (excludes halogenated alkanes) is 6. The van der Waals surface area contributed by atoms with E-state index < -0.39 is 0 Å². The number of para-hydroxylation sites is 1. The highest BCUT2D eigenvalue weighted by Crippen LogP contribution is 2.16. The molecule has 168 valence electrons. The molecular weight excluding hydrogens is 384 g/mol. The van der Waals surface area contributed by atoms with E-state index in [1.54, 1.807) is 6.08 Å². The van der Waals surface area contributed by atoms with Crippen molar-refractivity contribution in [3.8, 4) is 5.88 Å². The number of nitrogens with zero attached hydrogens (tertiary/aromatic N) is 1. The Labute approximate surface area is 187 Å². The van der Waals surface area contributed by atoms with E-state index in [2.05, 4.69) is 42.4 Å². The molecule has 2 rings (SSSR count). The molecule has 1 heterocycles. The Bertz CT molecular complexity index is 855. The number of benzene rings is 1. The molecule has 4 nitrogen and oxygen atoms in total. The Kier molecular flexibility index (Phi) is 11.4. The fourth-order valence-corrected chi connectivity index (χ4v) is 3.26. The zero-order chi connectivity index (χ0) is 22.3. The summed E-state index contributed by atoms with van der Waals surface area (Å²) >= 11 is 0. The van der Waals surface area contributed by atoms with Crippen LogP contribution >= 0.6 is 0 Å². The van der Waals surface area contributed by atoms with Gasteiger partial charge in [0.05, 0.1) is 12.1 Å². The molecular formula is C27H38N2O2. The fourth-order valence-electron chi connectivity index (χ4n) is 3.26. The van der Waals surface area contributed by atoms with Crippen molar-refractivity contribution in [3.05, 3.63) is 60.2 Å². The number of rotatable bonds is 14. The minimum absolute atomic E-state index is 0.00349. The molecule has 31 heavy (non-hydrogen) atoms.